The monoisotopic (exact) mass is 239 g/mol. The molecule has 0 saturated heterocycles. The molecule has 1 rings (SSSR count). The first-order valence-electron chi connectivity index (χ1n) is 3.30. The van der Waals surface area contributed by atoms with Crippen LogP contribution in [0.15, 0.2) is 30.3 Å². The van der Waals surface area contributed by atoms with Crippen LogP contribution in [0.3, 0.4) is 0 Å². The van der Waals surface area contributed by atoms with Gasteiger partial charge in [0.25, 0.3) is 0 Å². The van der Waals surface area contributed by atoms with E-state index in [-0.39, 0.29) is 5.30 Å². The average Bonchev–Trinajstić information content (AvgIpc) is 2.03. The van der Waals surface area contributed by atoms with E-state index in [0.29, 0.717) is 0 Å². The van der Waals surface area contributed by atoms with Crippen molar-refractivity contribution < 1.29 is 28.7 Å². The van der Waals surface area contributed by atoms with Crippen molar-refractivity contribution in [3.8, 4) is 0 Å². The second-order valence-electron chi connectivity index (χ2n) is 2.13. The molecule has 0 atom stereocenters. The summed E-state index contributed by atoms with van der Waals surface area (Å²) in [5.74, 6) is 0. The van der Waals surface area contributed by atoms with Crippen molar-refractivity contribution >= 4 is 21.2 Å². The third kappa shape index (κ3) is 6.86. The van der Waals surface area contributed by atoms with Crippen molar-refractivity contribution in [1.29, 1.82) is 0 Å². The summed E-state index contributed by atoms with van der Waals surface area (Å²) in [5, 5.41) is 0.0648. The molecule has 8 heteroatoms. The van der Waals surface area contributed by atoms with Crippen LogP contribution in [0.2, 0.25) is 0 Å². The molecular formula is C6H9O6P2+. The average molecular weight is 239 g/mol. The lowest BCUT2D eigenvalue weighted by Gasteiger charge is -2.00. The zero-order valence-electron chi connectivity index (χ0n) is 6.89. The van der Waals surface area contributed by atoms with Crippen molar-refractivity contribution in [2.45, 2.75) is 0 Å². The highest BCUT2D eigenvalue weighted by molar-refractivity contribution is 7.60. The molecule has 0 spiro atoms. The number of rotatable bonds is 1. The van der Waals surface area contributed by atoms with Crippen molar-refractivity contribution in [3.05, 3.63) is 30.3 Å². The quantitative estimate of drug-likeness (QED) is 0.517. The smallest absolute Gasteiger partial charge is 0.321 e. The largest absolute Gasteiger partial charge is 0.692 e. The van der Waals surface area contributed by atoms with Crippen LogP contribution in [0.5, 0.6) is 0 Å². The fourth-order valence-electron chi connectivity index (χ4n) is 0.622. The molecular weight excluding hydrogens is 230 g/mol. The number of benzene rings is 1. The van der Waals surface area contributed by atoms with E-state index in [4.69, 9.17) is 24.1 Å². The Bertz CT molecular complexity index is 327. The Labute approximate surface area is 81.0 Å². The maximum atomic E-state index is 10.5. The van der Waals surface area contributed by atoms with E-state index in [2.05, 4.69) is 0 Å². The molecule has 0 saturated carbocycles. The second kappa shape index (κ2) is 5.98. The maximum absolute atomic E-state index is 10.5. The molecule has 0 fully saturated rings. The number of hydrogen-bond acceptors (Lipinski definition) is 2. The molecule has 78 valence electrons. The molecule has 0 aliphatic rings. The molecule has 14 heavy (non-hydrogen) atoms. The van der Waals surface area contributed by atoms with Crippen LogP contribution in [0.25, 0.3) is 0 Å². The molecule has 0 aromatic heterocycles. The van der Waals surface area contributed by atoms with Gasteiger partial charge in [0.2, 0.25) is 0 Å². The van der Waals surface area contributed by atoms with E-state index in [1.165, 1.54) is 12.1 Å². The molecule has 6 nitrogen and oxygen atoms in total. The maximum Gasteiger partial charge on any atom is 0.692 e. The summed E-state index contributed by atoms with van der Waals surface area (Å²) in [7, 11) is -6.89. The predicted octanol–water partition coefficient (Wildman–Crippen LogP) is 0.118. The van der Waals surface area contributed by atoms with Gasteiger partial charge in [0.15, 0.2) is 0 Å². The van der Waals surface area contributed by atoms with Crippen LogP contribution in [-0.2, 0) is 9.13 Å². The first kappa shape index (κ1) is 13.4. The summed E-state index contributed by atoms with van der Waals surface area (Å²) in [6.07, 6.45) is 0. The zero-order chi connectivity index (χ0) is 11.2. The Morgan fingerprint density at radius 1 is 1.07 bits per heavy atom. The fourth-order valence-corrected chi connectivity index (χ4v) is 1.18. The Balaban J connectivity index is 0.000000364. The van der Waals surface area contributed by atoms with E-state index < -0.39 is 15.9 Å². The van der Waals surface area contributed by atoms with Crippen molar-refractivity contribution in [2.24, 2.45) is 0 Å². The van der Waals surface area contributed by atoms with Crippen molar-refractivity contribution in [2.75, 3.05) is 0 Å². The normalized spacial score (nSPS) is 10.0. The van der Waals surface area contributed by atoms with Gasteiger partial charge in [0.05, 0.1) is 5.30 Å². The summed E-state index contributed by atoms with van der Waals surface area (Å²) in [6, 6.07) is 7.70. The van der Waals surface area contributed by atoms with E-state index in [1.54, 1.807) is 18.2 Å². The van der Waals surface area contributed by atoms with Crippen LogP contribution < -0.4 is 5.30 Å². The lowest BCUT2D eigenvalue weighted by Crippen LogP contribution is -2.01. The molecule has 0 heterocycles. The molecule has 0 unspecified atom stereocenters. The summed E-state index contributed by atoms with van der Waals surface area (Å²) >= 11 is 0. The van der Waals surface area contributed by atoms with Gasteiger partial charge >= 0.3 is 15.9 Å². The minimum absolute atomic E-state index is 0.0648. The molecule has 0 bridgehead atoms. The van der Waals surface area contributed by atoms with Gasteiger partial charge in [-0.25, -0.2) is 0 Å². The van der Waals surface area contributed by atoms with Gasteiger partial charge in [0, 0.05) is 4.57 Å². The van der Waals surface area contributed by atoms with Gasteiger partial charge in [-0.1, -0.05) is 18.2 Å². The van der Waals surface area contributed by atoms with Gasteiger partial charge in [-0.2, -0.15) is 0 Å². The van der Waals surface area contributed by atoms with Gasteiger partial charge in [-0.3, -0.25) is 4.57 Å². The van der Waals surface area contributed by atoms with Gasteiger partial charge in [-0.15, -0.1) is 9.79 Å². The van der Waals surface area contributed by atoms with Gasteiger partial charge in [0.1, 0.15) is 0 Å². The Morgan fingerprint density at radius 2 is 1.43 bits per heavy atom. The van der Waals surface area contributed by atoms with Crippen molar-refractivity contribution in [1.82, 2.24) is 0 Å². The SMILES string of the molecule is O=P(O)(O)c1ccccc1.O=[P+](O)O. The van der Waals surface area contributed by atoms with Crippen LogP contribution in [0, 0.1) is 0 Å². The van der Waals surface area contributed by atoms with Crippen LogP contribution >= 0.6 is 15.9 Å². The van der Waals surface area contributed by atoms with E-state index in [0.717, 1.165) is 0 Å². The number of hydrogen-bond donors (Lipinski definition) is 4. The fraction of sp³-hybridized carbons (Fsp3) is 0. The lowest BCUT2D eigenvalue weighted by atomic mass is 10.4. The van der Waals surface area contributed by atoms with Crippen molar-refractivity contribution in [3.63, 3.8) is 0 Å². The lowest BCUT2D eigenvalue weighted by molar-refractivity contribution is 0.387. The highest BCUT2D eigenvalue weighted by Gasteiger charge is 2.14. The molecule has 4 N–H and O–H groups in total. The molecule has 0 aliphatic carbocycles. The third-order valence-electron chi connectivity index (χ3n) is 1.09. The Hall–Kier alpha value is -0.610. The first-order valence-corrected chi connectivity index (χ1v) is 6.08. The zero-order valence-corrected chi connectivity index (χ0v) is 8.68. The minimum Gasteiger partial charge on any atom is -0.321 e. The molecule has 0 radical (unpaired) electrons. The summed E-state index contributed by atoms with van der Waals surface area (Å²) in [4.78, 5) is 31.4. The van der Waals surface area contributed by atoms with Crippen LogP contribution in [-0.4, -0.2) is 19.6 Å². The van der Waals surface area contributed by atoms with E-state index in [1.807, 2.05) is 0 Å². The highest BCUT2D eigenvalue weighted by atomic mass is 31.2. The molecule has 1 aromatic carbocycles. The topological polar surface area (TPSA) is 115 Å². The standard InChI is InChI=1S/C6H7O3P.HO3P/c7-10(8,9)6-4-2-1-3-5-6;1-4(2)3/h1-5H,(H2,7,8,9);(H-,1,2,3)/p+1. The highest BCUT2D eigenvalue weighted by Crippen LogP contribution is 2.32. The molecule has 0 aliphatic heterocycles. The molecule has 0 amide bonds. The Morgan fingerprint density at radius 3 is 1.64 bits per heavy atom. The first-order chi connectivity index (χ1) is 6.34. The van der Waals surface area contributed by atoms with Crippen LogP contribution in [0.4, 0.5) is 0 Å². The summed E-state index contributed by atoms with van der Waals surface area (Å²) < 4.78 is 19.2. The second-order valence-corrected chi connectivity index (χ2v) is 4.24. The van der Waals surface area contributed by atoms with E-state index in [9.17, 15) is 4.57 Å². The van der Waals surface area contributed by atoms with Gasteiger partial charge < -0.3 is 9.79 Å². The summed E-state index contributed by atoms with van der Waals surface area (Å²) in [6.45, 7) is 0. The van der Waals surface area contributed by atoms with Gasteiger partial charge in [-0.05, 0) is 12.1 Å². The predicted molar refractivity (Wildman–Crippen MR) is 50.2 cm³/mol. The Kier molecular flexibility index (Phi) is 5.72. The third-order valence-corrected chi connectivity index (χ3v) is 2.06. The van der Waals surface area contributed by atoms with Crippen LogP contribution in [0.1, 0.15) is 0 Å². The molecule has 1 aromatic rings. The van der Waals surface area contributed by atoms with E-state index >= 15 is 0 Å². The summed E-state index contributed by atoms with van der Waals surface area (Å²) in [5.41, 5.74) is 0. The minimum atomic E-state index is -4.02.